The number of carbonyl (C=O) groups is 2. The fourth-order valence-electron chi connectivity index (χ4n) is 0.945. The predicted octanol–water partition coefficient (Wildman–Crippen LogP) is -0.774. The zero-order valence-electron chi connectivity index (χ0n) is 6.65. The van der Waals surface area contributed by atoms with Gasteiger partial charge in [-0.3, -0.25) is 0 Å². The van der Waals surface area contributed by atoms with Crippen LogP contribution in [0.25, 0.3) is 0 Å². The van der Waals surface area contributed by atoms with Gasteiger partial charge in [-0.05, 0) is 6.92 Å². The predicted molar refractivity (Wildman–Crippen MR) is 37.1 cm³/mol. The Morgan fingerprint density at radius 2 is 2.50 bits per heavy atom. The molecular weight excluding hydrogens is 164 g/mol. The Bertz CT molecular complexity index is 200. The molecule has 0 aliphatic carbocycles. The van der Waals surface area contributed by atoms with Crippen molar-refractivity contribution in [3.8, 4) is 0 Å². The minimum absolute atomic E-state index is 0.00231. The third-order valence-corrected chi connectivity index (χ3v) is 1.52. The van der Waals surface area contributed by atoms with Gasteiger partial charge in [0, 0.05) is 6.42 Å². The van der Waals surface area contributed by atoms with Crippen LogP contribution in [0.15, 0.2) is 0 Å². The first-order valence-electron chi connectivity index (χ1n) is 3.70. The molecule has 1 aliphatic heterocycles. The molecule has 0 unspecified atom stereocenters. The second kappa shape index (κ2) is 3.53. The van der Waals surface area contributed by atoms with E-state index in [0.29, 0.717) is 0 Å². The van der Waals surface area contributed by atoms with Crippen molar-refractivity contribution < 1.29 is 24.2 Å². The van der Waals surface area contributed by atoms with Gasteiger partial charge in [-0.2, -0.15) is 0 Å². The average molecular weight is 174 g/mol. The topological polar surface area (TPSA) is 72.8 Å². The highest BCUT2D eigenvalue weighted by atomic mass is 16.6. The van der Waals surface area contributed by atoms with Gasteiger partial charge in [0.1, 0.15) is 0 Å². The van der Waals surface area contributed by atoms with E-state index in [2.05, 4.69) is 9.47 Å². The molecule has 5 nitrogen and oxygen atoms in total. The zero-order chi connectivity index (χ0) is 9.14. The Kier molecular flexibility index (Phi) is 2.65. The van der Waals surface area contributed by atoms with Crippen LogP contribution < -0.4 is 0 Å². The van der Waals surface area contributed by atoms with Crippen LogP contribution in [0.1, 0.15) is 13.3 Å². The molecule has 0 spiro atoms. The van der Waals surface area contributed by atoms with Crippen molar-refractivity contribution in [2.45, 2.75) is 25.6 Å². The third kappa shape index (κ3) is 1.73. The van der Waals surface area contributed by atoms with Crippen molar-refractivity contribution in [1.82, 2.24) is 0 Å². The lowest BCUT2D eigenvalue weighted by molar-refractivity contribution is -0.162. The van der Waals surface area contributed by atoms with Crippen molar-refractivity contribution in [3.63, 3.8) is 0 Å². The second-order valence-corrected chi connectivity index (χ2v) is 2.43. The molecule has 0 aromatic heterocycles. The summed E-state index contributed by atoms with van der Waals surface area (Å²) in [5.41, 5.74) is 0. The maximum atomic E-state index is 10.9. The van der Waals surface area contributed by atoms with Crippen molar-refractivity contribution in [3.05, 3.63) is 0 Å². The Morgan fingerprint density at radius 1 is 1.83 bits per heavy atom. The first-order valence-corrected chi connectivity index (χ1v) is 3.70. The minimum atomic E-state index is -1.18. The first-order chi connectivity index (χ1) is 5.65. The molecule has 2 atom stereocenters. The number of ether oxygens (including phenoxy) is 2. The molecule has 0 aromatic rings. The Labute approximate surface area is 69.3 Å². The molecule has 0 radical (unpaired) electrons. The number of carbonyl (C=O) groups excluding carboxylic acids is 2. The van der Waals surface area contributed by atoms with Gasteiger partial charge in [0.2, 0.25) is 6.10 Å². The largest absolute Gasteiger partial charge is 0.463 e. The molecule has 1 fully saturated rings. The summed E-state index contributed by atoms with van der Waals surface area (Å²) in [5.74, 6) is -1.35. The average Bonchev–Trinajstić information content (AvgIpc) is 2.33. The number of cyclic esters (lactones) is 1. The number of hydrogen-bond acceptors (Lipinski definition) is 5. The number of rotatable bonds is 2. The number of aliphatic hydroxyl groups is 1. The smallest absolute Gasteiger partial charge is 0.347 e. The van der Waals surface area contributed by atoms with Gasteiger partial charge in [0.15, 0.2) is 6.10 Å². The van der Waals surface area contributed by atoms with Crippen LogP contribution in [0.4, 0.5) is 0 Å². The highest BCUT2D eigenvalue weighted by Crippen LogP contribution is 2.15. The summed E-state index contributed by atoms with van der Waals surface area (Å²) >= 11 is 0. The molecule has 1 rings (SSSR count). The normalized spacial score (nSPS) is 28.3. The summed E-state index contributed by atoms with van der Waals surface area (Å²) in [7, 11) is 0. The number of esters is 2. The molecule has 0 bridgehead atoms. The summed E-state index contributed by atoms with van der Waals surface area (Å²) in [6.45, 7) is 1.90. The monoisotopic (exact) mass is 174 g/mol. The van der Waals surface area contributed by atoms with E-state index in [0.717, 1.165) is 0 Å². The highest BCUT2D eigenvalue weighted by molar-refractivity contribution is 5.85. The SMILES string of the molecule is CCOC(=O)[C@@H]1C[C@H](O)C(=O)O1. The lowest BCUT2D eigenvalue weighted by Gasteiger charge is -2.06. The van der Waals surface area contributed by atoms with Crippen LogP contribution in [0.5, 0.6) is 0 Å². The van der Waals surface area contributed by atoms with Gasteiger partial charge in [0.05, 0.1) is 6.61 Å². The van der Waals surface area contributed by atoms with E-state index in [1.54, 1.807) is 6.92 Å². The van der Waals surface area contributed by atoms with Crippen molar-refractivity contribution in [2.24, 2.45) is 0 Å². The summed E-state index contributed by atoms with van der Waals surface area (Å²) in [5, 5.41) is 8.90. The first kappa shape index (κ1) is 8.99. The molecule has 0 saturated carbocycles. The lowest BCUT2D eigenvalue weighted by atomic mass is 10.2. The lowest BCUT2D eigenvalue weighted by Crippen LogP contribution is -2.22. The second-order valence-electron chi connectivity index (χ2n) is 2.43. The van der Waals surface area contributed by atoms with Crippen molar-refractivity contribution >= 4 is 11.9 Å². The molecule has 12 heavy (non-hydrogen) atoms. The van der Waals surface area contributed by atoms with E-state index >= 15 is 0 Å². The van der Waals surface area contributed by atoms with Gasteiger partial charge >= 0.3 is 11.9 Å². The quantitative estimate of drug-likeness (QED) is 0.556. The van der Waals surface area contributed by atoms with E-state index in [9.17, 15) is 9.59 Å². The molecule has 0 amide bonds. The maximum absolute atomic E-state index is 10.9. The van der Waals surface area contributed by atoms with Crippen molar-refractivity contribution in [2.75, 3.05) is 6.61 Å². The van der Waals surface area contributed by atoms with Gasteiger partial charge in [-0.15, -0.1) is 0 Å². The Morgan fingerprint density at radius 3 is 2.92 bits per heavy atom. The van der Waals surface area contributed by atoms with Crippen LogP contribution >= 0.6 is 0 Å². The zero-order valence-corrected chi connectivity index (χ0v) is 6.65. The fourth-order valence-corrected chi connectivity index (χ4v) is 0.945. The van der Waals surface area contributed by atoms with Crippen LogP contribution in [0.2, 0.25) is 0 Å². The van der Waals surface area contributed by atoms with E-state index in [-0.39, 0.29) is 13.0 Å². The third-order valence-electron chi connectivity index (χ3n) is 1.52. The summed E-state index contributed by atoms with van der Waals surface area (Å²) < 4.78 is 9.12. The van der Waals surface area contributed by atoms with Crippen molar-refractivity contribution in [1.29, 1.82) is 0 Å². The Balaban J connectivity index is 2.46. The standard InChI is InChI=1S/C7H10O5/c1-2-11-7(10)5-3-4(8)6(9)12-5/h4-5,8H,2-3H2,1H3/t4-,5-/m0/s1. The van der Waals surface area contributed by atoms with E-state index in [1.165, 1.54) is 0 Å². The number of hydrogen-bond donors (Lipinski definition) is 1. The molecule has 5 heteroatoms. The van der Waals surface area contributed by atoms with Gasteiger partial charge in [-0.25, -0.2) is 9.59 Å². The Hall–Kier alpha value is -1.10. The molecule has 1 heterocycles. The van der Waals surface area contributed by atoms with Crippen LogP contribution in [0.3, 0.4) is 0 Å². The molecule has 1 saturated heterocycles. The van der Waals surface area contributed by atoms with E-state index in [4.69, 9.17) is 5.11 Å². The molecule has 0 aromatic carbocycles. The minimum Gasteiger partial charge on any atom is -0.463 e. The molecule has 68 valence electrons. The molecule has 1 N–H and O–H groups in total. The fraction of sp³-hybridized carbons (Fsp3) is 0.714. The van der Waals surface area contributed by atoms with Crippen LogP contribution in [-0.2, 0) is 19.1 Å². The molecular formula is C7H10O5. The molecule has 1 aliphatic rings. The maximum Gasteiger partial charge on any atom is 0.347 e. The van der Waals surface area contributed by atoms with E-state index in [1.807, 2.05) is 0 Å². The number of aliphatic hydroxyl groups excluding tert-OH is 1. The summed E-state index contributed by atoms with van der Waals surface area (Å²) in [4.78, 5) is 21.5. The van der Waals surface area contributed by atoms with Crippen LogP contribution in [-0.4, -0.2) is 35.9 Å². The summed E-state index contributed by atoms with van der Waals surface area (Å²) in [6, 6.07) is 0. The van der Waals surface area contributed by atoms with E-state index < -0.39 is 24.1 Å². The van der Waals surface area contributed by atoms with Gasteiger partial charge in [-0.1, -0.05) is 0 Å². The highest BCUT2D eigenvalue weighted by Gasteiger charge is 2.38. The summed E-state index contributed by atoms with van der Waals surface area (Å²) in [6.07, 6.45) is -2.11. The van der Waals surface area contributed by atoms with Gasteiger partial charge in [0.25, 0.3) is 0 Å². The van der Waals surface area contributed by atoms with Gasteiger partial charge < -0.3 is 14.6 Å². The van der Waals surface area contributed by atoms with Crippen LogP contribution in [0, 0.1) is 0 Å².